The third-order valence-corrected chi connectivity index (χ3v) is 5.89. The number of ether oxygens (including phenoxy) is 1. The number of hydrogen-bond acceptors (Lipinski definition) is 1. The average Bonchev–Trinajstić information content (AvgIpc) is 2.57. The number of benzene rings is 2. The van der Waals surface area contributed by atoms with Crippen molar-refractivity contribution >= 4 is 45.2 Å². The Bertz CT molecular complexity index is 728. The van der Waals surface area contributed by atoms with Crippen LogP contribution in [-0.4, -0.2) is 7.11 Å². The van der Waals surface area contributed by atoms with E-state index in [1.54, 1.807) is 7.11 Å². The molecule has 0 heterocycles. The van der Waals surface area contributed by atoms with Gasteiger partial charge in [-0.15, -0.1) is 0 Å². The molecule has 1 aliphatic rings. The van der Waals surface area contributed by atoms with Gasteiger partial charge in [0.2, 0.25) is 0 Å². The Morgan fingerprint density at radius 2 is 1.13 bits per heavy atom. The molecular weight excluding hydrogens is 510 g/mol. The summed E-state index contributed by atoms with van der Waals surface area (Å²) in [6, 6.07) is 17.2. The Balaban J connectivity index is 1.96. The predicted octanol–water partition coefficient (Wildman–Crippen LogP) is 5.82. The molecule has 0 aliphatic heterocycles. The molecule has 0 aromatic heterocycles. The van der Waals surface area contributed by atoms with Gasteiger partial charge in [0.1, 0.15) is 5.60 Å². The first-order chi connectivity index (χ1) is 11.0. The van der Waals surface area contributed by atoms with Crippen molar-refractivity contribution in [3.8, 4) is 0 Å². The summed E-state index contributed by atoms with van der Waals surface area (Å²) in [5.41, 5.74) is 1.86. The lowest BCUT2D eigenvalue weighted by molar-refractivity contribution is 0.0698. The molecule has 0 amide bonds. The maximum atomic E-state index is 5.88. The summed E-state index contributed by atoms with van der Waals surface area (Å²) >= 11 is 4.66. The summed E-state index contributed by atoms with van der Waals surface area (Å²) in [5, 5.41) is 0. The maximum absolute atomic E-state index is 5.88. The largest absolute Gasteiger partial charge is 0.365 e. The minimum Gasteiger partial charge on any atom is -0.365 e. The topological polar surface area (TPSA) is 9.23 Å². The van der Waals surface area contributed by atoms with Gasteiger partial charge < -0.3 is 4.74 Å². The van der Waals surface area contributed by atoms with E-state index in [4.69, 9.17) is 4.74 Å². The predicted molar refractivity (Wildman–Crippen MR) is 113 cm³/mol. The highest BCUT2D eigenvalue weighted by Crippen LogP contribution is 2.39. The van der Waals surface area contributed by atoms with E-state index in [0.29, 0.717) is 0 Å². The summed E-state index contributed by atoms with van der Waals surface area (Å²) in [7, 11) is 1.76. The molecule has 0 spiro atoms. The standard InChI is InChI=1S/C20H18I2O/c1-19(15-3-7-17(21)8-4-15)11-13-20(23-2,14-12-19)16-5-9-18(22)10-6-16/h3-14H,1-2H3/t19-,20-. The molecule has 0 saturated heterocycles. The SMILES string of the molecule is CO[C@]1(c2ccc(I)cc2)C=C[C@@](C)(c2ccc(I)cc2)C=C1. The molecule has 0 fully saturated rings. The summed E-state index contributed by atoms with van der Waals surface area (Å²) in [4.78, 5) is 0. The molecule has 0 unspecified atom stereocenters. The number of rotatable bonds is 3. The van der Waals surface area contributed by atoms with Crippen LogP contribution in [0.2, 0.25) is 0 Å². The van der Waals surface area contributed by atoms with Crippen LogP contribution in [0.25, 0.3) is 0 Å². The molecule has 1 nitrogen and oxygen atoms in total. The molecular formula is C20H18I2O. The molecule has 3 heteroatoms. The van der Waals surface area contributed by atoms with E-state index in [2.05, 4.69) is 125 Å². The zero-order valence-corrected chi connectivity index (χ0v) is 17.4. The first kappa shape index (κ1) is 17.2. The molecule has 1 aliphatic carbocycles. The summed E-state index contributed by atoms with van der Waals surface area (Å²) in [6.45, 7) is 2.23. The van der Waals surface area contributed by atoms with E-state index in [1.165, 1.54) is 12.7 Å². The van der Waals surface area contributed by atoms with Crippen molar-refractivity contribution < 1.29 is 4.74 Å². The molecule has 118 valence electrons. The lowest BCUT2D eigenvalue weighted by Gasteiger charge is -2.35. The molecule has 2 aromatic rings. The Morgan fingerprint density at radius 1 is 0.696 bits per heavy atom. The Labute approximate surface area is 165 Å². The first-order valence-electron chi connectivity index (χ1n) is 7.45. The van der Waals surface area contributed by atoms with E-state index >= 15 is 0 Å². The van der Waals surface area contributed by atoms with Crippen LogP contribution in [-0.2, 0) is 15.8 Å². The highest BCUT2D eigenvalue weighted by atomic mass is 127. The second-order valence-electron chi connectivity index (χ2n) is 5.96. The molecule has 0 radical (unpaired) electrons. The zero-order valence-electron chi connectivity index (χ0n) is 13.1. The normalized spacial score (nSPS) is 26.4. The van der Waals surface area contributed by atoms with Crippen LogP contribution in [0.1, 0.15) is 18.1 Å². The van der Waals surface area contributed by atoms with Crippen molar-refractivity contribution in [1.82, 2.24) is 0 Å². The smallest absolute Gasteiger partial charge is 0.129 e. The van der Waals surface area contributed by atoms with Crippen molar-refractivity contribution in [2.75, 3.05) is 7.11 Å². The first-order valence-corrected chi connectivity index (χ1v) is 9.61. The fraction of sp³-hybridized carbons (Fsp3) is 0.200. The van der Waals surface area contributed by atoms with Crippen molar-refractivity contribution in [3.63, 3.8) is 0 Å². The highest BCUT2D eigenvalue weighted by Gasteiger charge is 2.33. The van der Waals surface area contributed by atoms with Crippen molar-refractivity contribution in [1.29, 1.82) is 0 Å². The van der Waals surface area contributed by atoms with Gasteiger partial charge in [-0.2, -0.15) is 0 Å². The molecule has 0 N–H and O–H groups in total. The van der Waals surface area contributed by atoms with Crippen LogP contribution in [0, 0.1) is 7.14 Å². The maximum Gasteiger partial charge on any atom is 0.129 e. The fourth-order valence-corrected chi connectivity index (χ4v) is 3.58. The van der Waals surface area contributed by atoms with Crippen LogP contribution in [0.3, 0.4) is 0 Å². The second kappa shape index (κ2) is 6.69. The van der Waals surface area contributed by atoms with E-state index in [9.17, 15) is 0 Å². The van der Waals surface area contributed by atoms with E-state index in [-0.39, 0.29) is 5.41 Å². The Morgan fingerprint density at radius 3 is 1.57 bits per heavy atom. The lowest BCUT2D eigenvalue weighted by atomic mass is 9.75. The van der Waals surface area contributed by atoms with Gasteiger partial charge in [0.05, 0.1) is 0 Å². The summed E-state index contributed by atoms with van der Waals surface area (Å²) in [5.74, 6) is 0. The molecule has 3 rings (SSSR count). The van der Waals surface area contributed by atoms with Crippen LogP contribution < -0.4 is 0 Å². The summed E-state index contributed by atoms with van der Waals surface area (Å²) < 4.78 is 8.36. The number of methoxy groups -OCH3 is 1. The monoisotopic (exact) mass is 528 g/mol. The number of hydrogen-bond donors (Lipinski definition) is 0. The van der Waals surface area contributed by atoms with Gasteiger partial charge in [-0.05, 0) is 99.6 Å². The molecule has 0 saturated carbocycles. The highest BCUT2D eigenvalue weighted by molar-refractivity contribution is 14.1. The zero-order chi connectivity index (χ0) is 16.5. The van der Waals surface area contributed by atoms with Crippen LogP contribution in [0.5, 0.6) is 0 Å². The lowest BCUT2D eigenvalue weighted by Crippen LogP contribution is -2.30. The minimum absolute atomic E-state index is 0.102. The number of allylic oxidation sites excluding steroid dienone is 2. The fourth-order valence-electron chi connectivity index (χ4n) is 2.86. The van der Waals surface area contributed by atoms with Gasteiger partial charge in [-0.3, -0.25) is 0 Å². The van der Waals surface area contributed by atoms with Gasteiger partial charge in [-0.1, -0.05) is 36.4 Å². The van der Waals surface area contributed by atoms with E-state index < -0.39 is 5.60 Å². The minimum atomic E-state index is -0.479. The quantitative estimate of drug-likeness (QED) is 0.361. The molecule has 0 bridgehead atoms. The van der Waals surface area contributed by atoms with Crippen molar-refractivity contribution in [2.24, 2.45) is 0 Å². The third-order valence-electron chi connectivity index (χ3n) is 4.45. The van der Waals surface area contributed by atoms with Gasteiger partial charge in [-0.25, -0.2) is 0 Å². The third kappa shape index (κ3) is 3.42. The molecule has 0 atom stereocenters. The Kier molecular flexibility index (Phi) is 4.99. The molecule has 23 heavy (non-hydrogen) atoms. The molecule has 2 aromatic carbocycles. The van der Waals surface area contributed by atoms with E-state index in [1.807, 2.05) is 0 Å². The van der Waals surface area contributed by atoms with Gasteiger partial charge in [0, 0.05) is 19.7 Å². The summed E-state index contributed by atoms with van der Waals surface area (Å²) in [6.07, 6.45) is 8.84. The Hall–Kier alpha value is -0.660. The van der Waals surface area contributed by atoms with Gasteiger partial charge in [0.25, 0.3) is 0 Å². The van der Waals surface area contributed by atoms with Crippen LogP contribution in [0.4, 0.5) is 0 Å². The van der Waals surface area contributed by atoms with Gasteiger partial charge >= 0.3 is 0 Å². The number of halogens is 2. The van der Waals surface area contributed by atoms with Crippen LogP contribution in [0.15, 0.2) is 72.8 Å². The van der Waals surface area contributed by atoms with Gasteiger partial charge in [0.15, 0.2) is 0 Å². The van der Waals surface area contributed by atoms with Crippen molar-refractivity contribution in [2.45, 2.75) is 17.9 Å². The average molecular weight is 528 g/mol. The van der Waals surface area contributed by atoms with Crippen molar-refractivity contribution in [3.05, 3.63) is 91.1 Å². The van der Waals surface area contributed by atoms with E-state index in [0.717, 1.165) is 5.56 Å². The second-order valence-corrected chi connectivity index (χ2v) is 8.45. The van der Waals surface area contributed by atoms with Crippen LogP contribution >= 0.6 is 45.2 Å².